The summed E-state index contributed by atoms with van der Waals surface area (Å²) < 4.78 is 29.0. The lowest BCUT2D eigenvalue weighted by atomic mass is 10.2. The van der Waals surface area contributed by atoms with E-state index in [0.29, 0.717) is 5.02 Å². The minimum Gasteiger partial charge on any atom is -0.378 e. The average molecular weight is 315 g/mol. The standard InChI is InChI=1S/C13H11ClO5S/c14-9-5-7-10(8-6-9)20(17,18)19-12-4-2-1-3-11(12)13(15)16/h1-8,13,15-16H. The highest BCUT2D eigenvalue weighted by molar-refractivity contribution is 7.87. The molecular formula is C13H11ClO5S. The van der Waals surface area contributed by atoms with Gasteiger partial charge in [-0.3, -0.25) is 0 Å². The summed E-state index contributed by atoms with van der Waals surface area (Å²) in [6, 6.07) is 11.2. The lowest BCUT2D eigenvalue weighted by molar-refractivity contribution is -0.0433. The summed E-state index contributed by atoms with van der Waals surface area (Å²) >= 11 is 5.69. The lowest BCUT2D eigenvalue weighted by Gasteiger charge is -2.12. The minimum absolute atomic E-state index is 0.0370. The number of halogens is 1. The predicted octanol–water partition coefficient (Wildman–Crippen LogP) is 2.09. The van der Waals surface area contributed by atoms with Crippen molar-refractivity contribution in [2.45, 2.75) is 11.2 Å². The van der Waals surface area contributed by atoms with Crippen LogP contribution in [0.1, 0.15) is 11.9 Å². The first-order chi connectivity index (χ1) is 9.40. The zero-order chi connectivity index (χ0) is 14.8. The van der Waals surface area contributed by atoms with E-state index in [0.717, 1.165) is 0 Å². The molecule has 0 unspecified atom stereocenters. The van der Waals surface area contributed by atoms with Crippen LogP contribution in [0.4, 0.5) is 0 Å². The molecule has 0 aromatic heterocycles. The van der Waals surface area contributed by atoms with Crippen LogP contribution < -0.4 is 4.18 Å². The Kier molecular flexibility index (Phi) is 4.29. The Morgan fingerprint density at radius 3 is 2.20 bits per heavy atom. The third-order valence-electron chi connectivity index (χ3n) is 2.50. The van der Waals surface area contributed by atoms with E-state index in [1.165, 1.54) is 48.5 Å². The van der Waals surface area contributed by atoms with E-state index < -0.39 is 16.4 Å². The second-order valence-corrected chi connectivity index (χ2v) is 5.89. The highest BCUT2D eigenvalue weighted by Crippen LogP contribution is 2.27. The molecule has 106 valence electrons. The Balaban J connectivity index is 2.36. The SMILES string of the molecule is O=S(=O)(Oc1ccccc1C(O)O)c1ccc(Cl)cc1. The van der Waals surface area contributed by atoms with Crippen molar-refractivity contribution >= 4 is 21.7 Å². The van der Waals surface area contributed by atoms with E-state index in [9.17, 15) is 18.6 Å². The Bertz CT molecular complexity index is 695. The fraction of sp³-hybridized carbons (Fsp3) is 0.0769. The number of benzene rings is 2. The van der Waals surface area contributed by atoms with E-state index >= 15 is 0 Å². The van der Waals surface area contributed by atoms with Gasteiger partial charge in [-0.25, -0.2) is 0 Å². The number of para-hydroxylation sites is 1. The summed E-state index contributed by atoms with van der Waals surface area (Å²) in [5, 5.41) is 18.7. The summed E-state index contributed by atoms with van der Waals surface area (Å²) in [6.07, 6.45) is -1.83. The predicted molar refractivity (Wildman–Crippen MR) is 72.9 cm³/mol. The van der Waals surface area contributed by atoms with Crippen LogP contribution in [0, 0.1) is 0 Å². The van der Waals surface area contributed by atoms with Crippen molar-refractivity contribution in [2.24, 2.45) is 0 Å². The molecule has 0 bridgehead atoms. The Labute approximate surface area is 121 Å². The molecule has 0 heterocycles. The number of rotatable bonds is 4. The molecule has 0 saturated heterocycles. The van der Waals surface area contributed by atoms with Crippen molar-refractivity contribution in [1.82, 2.24) is 0 Å². The molecule has 0 aliphatic carbocycles. The molecule has 5 nitrogen and oxygen atoms in total. The van der Waals surface area contributed by atoms with E-state index in [1.807, 2.05) is 0 Å². The maximum absolute atomic E-state index is 12.1. The van der Waals surface area contributed by atoms with Crippen molar-refractivity contribution in [2.75, 3.05) is 0 Å². The van der Waals surface area contributed by atoms with Gasteiger partial charge < -0.3 is 14.4 Å². The first-order valence-corrected chi connectivity index (χ1v) is 7.34. The molecule has 0 atom stereocenters. The van der Waals surface area contributed by atoms with E-state index in [1.54, 1.807) is 0 Å². The molecule has 7 heteroatoms. The largest absolute Gasteiger partial charge is 0.378 e. The van der Waals surface area contributed by atoms with Gasteiger partial charge in [-0.1, -0.05) is 29.8 Å². The third kappa shape index (κ3) is 3.29. The number of hydrogen-bond donors (Lipinski definition) is 2. The average Bonchev–Trinajstić information content (AvgIpc) is 2.39. The lowest BCUT2D eigenvalue weighted by Crippen LogP contribution is -2.11. The first kappa shape index (κ1) is 14.8. The van der Waals surface area contributed by atoms with Crippen LogP contribution in [0.15, 0.2) is 53.4 Å². The van der Waals surface area contributed by atoms with Crippen LogP contribution >= 0.6 is 11.6 Å². The van der Waals surface area contributed by atoms with Crippen LogP contribution in [0.2, 0.25) is 5.02 Å². The van der Waals surface area contributed by atoms with Crippen LogP contribution in [0.3, 0.4) is 0 Å². The van der Waals surface area contributed by atoms with E-state index in [-0.39, 0.29) is 16.2 Å². The van der Waals surface area contributed by atoms with Gasteiger partial charge in [0.15, 0.2) is 12.0 Å². The van der Waals surface area contributed by atoms with Crippen molar-refractivity contribution in [1.29, 1.82) is 0 Å². The van der Waals surface area contributed by atoms with Gasteiger partial charge in [0.25, 0.3) is 0 Å². The second kappa shape index (κ2) is 5.80. The molecule has 0 radical (unpaired) electrons. The molecule has 20 heavy (non-hydrogen) atoms. The second-order valence-electron chi connectivity index (χ2n) is 3.90. The first-order valence-electron chi connectivity index (χ1n) is 5.55. The van der Waals surface area contributed by atoms with Gasteiger partial charge in [0.2, 0.25) is 0 Å². The number of aliphatic hydroxyl groups is 2. The highest BCUT2D eigenvalue weighted by Gasteiger charge is 2.20. The summed E-state index contributed by atoms with van der Waals surface area (Å²) in [7, 11) is -4.07. The zero-order valence-electron chi connectivity index (χ0n) is 10.1. The zero-order valence-corrected chi connectivity index (χ0v) is 11.7. The summed E-state index contributed by atoms with van der Waals surface area (Å²) in [6.45, 7) is 0. The summed E-state index contributed by atoms with van der Waals surface area (Å²) in [5.41, 5.74) is -0.0370. The fourth-order valence-corrected chi connectivity index (χ4v) is 2.62. The summed E-state index contributed by atoms with van der Waals surface area (Å²) in [5.74, 6) is -0.141. The topological polar surface area (TPSA) is 83.8 Å². The summed E-state index contributed by atoms with van der Waals surface area (Å²) in [4.78, 5) is -0.0795. The van der Waals surface area contributed by atoms with Gasteiger partial charge >= 0.3 is 10.1 Å². The molecule has 0 aliphatic rings. The van der Waals surface area contributed by atoms with Gasteiger partial charge in [-0.15, -0.1) is 0 Å². The van der Waals surface area contributed by atoms with E-state index in [4.69, 9.17) is 15.8 Å². The van der Waals surface area contributed by atoms with Gasteiger partial charge in [0, 0.05) is 5.02 Å². The molecule has 0 amide bonds. The van der Waals surface area contributed by atoms with Crippen molar-refractivity contribution in [3.63, 3.8) is 0 Å². The maximum atomic E-state index is 12.1. The van der Waals surface area contributed by atoms with Crippen molar-refractivity contribution in [3.8, 4) is 5.75 Å². The van der Waals surface area contributed by atoms with Gasteiger partial charge in [0.05, 0.1) is 5.56 Å². The maximum Gasteiger partial charge on any atom is 0.339 e. The fourth-order valence-electron chi connectivity index (χ4n) is 1.54. The van der Waals surface area contributed by atoms with Crippen LogP contribution in [0.25, 0.3) is 0 Å². The van der Waals surface area contributed by atoms with Crippen LogP contribution in [0.5, 0.6) is 5.75 Å². The van der Waals surface area contributed by atoms with E-state index in [2.05, 4.69) is 0 Å². The monoisotopic (exact) mass is 314 g/mol. The molecule has 0 fully saturated rings. The van der Waals surface area contributed by atoms with Crippen molar-refractivity contribution in [3.05, 3.63) is 59.1 Å². The minimum atomic E-state index is -4.07. The Morgan fingerprint density at radius 2 is 1.60 bits per heavy atom. The molecule has 0 spiro atoms. The van der Waals surface area contributed by atoms with Gasteiger partial charge in [-0.2, -0.15) is 8.42 Å². The smallest absolute Gasteiger partial charge is 0.339 e. The molecule has 0 aliphatic heterocycles. The van der Waals surface area contributed by atoms with Gasteiger partial charge in [-0.05, 0) is 30.3 Å². The Morgan fingerprint density at radius 1 is 1.00 bits per heavy atom. The Hall–Kier alpha value is -1.60. The van der Waals surface area contributed by atoms with Crippen LogP contribution in [-0.2, 0) is 10.1 Å². The van der Waals surface area contributed by atoms with Crippen LogP contribution in [-0.4, -0.2) is 18.6 Å². The highest BCUT2D eigenvalue weighted by atomic mass is 35.5. The molecular weight excluding hydrogens is 304 g/mol. The molecule has 2 aromatic rings. The molecule has 0 saturated carbocycles. The van der Waals surface area contributed by atoms with Gasteiger partial charge in [0.1, 0.15) is 4.90 Å². The van der Waals surface area contributed by atoms with Crippen molar-refractivity contribution < 1.29 is 22.8 Å². The molecule has 2 rings (SSSR count). The third-order valence-corrected chi connectivity index (χ3v) is 4.00. The molecule has 2 N–H and O–H groups in total. The molecule has 2 aromatic carbocycles. The number of aliphatic hydroxyl groups excluding tert-OH is 1. The normalized spacial score (nSPS) is 11.6. The number of hydrogen-bond acceptors (Lipinski definition) is 5. The quantitative estimate of drug-likeness (QED) is 0.667.